The summed E-state index contributed by atoms with van der Waals surface area (Å²) in [5.74, 6) is -5.56. The molecule has 5 N–H and O–H groups in total. The summed E-state index contributed by atoms with van der Waals surface area (Å²) in [6, 6.07) is 12.1. The van der Waals surface area contributed by atoms with Crippen molar-refractivity contribution in [2.24, 2.45) is 11.8 Å². The third-order valence-electron chi connectivity index (χ3n) is 10.9. The van der Waals surface area contributed by atoms with E-state index in [9.17, 15) is 38.7 Å². The van der Waals surface area contributed by atoms with Gasteiger partial charge in [0.1, 0.15) is 11.8 Å². The Bertz CT molecular complexity index is 1690. The Labute approximate surface area is 327 Å². The van der Waals surface area contributed by atoms with Crippen molar-refractivity contribution in [3.8, 4) is 5.75 Å². The Morgan fingerprint density at radius 2 is 1.57 bits per heavy atom. The lowest BCUT2D eigenvalue weighted by atomic mass is 9.83. The Kier molecular flexibility index (Phi) is 15.4. The maximum Gasteiger partial charge on any atom is 0.330 e. The SMILES string of the molecule is CCCC(NC(=O)C1CC2CCCC(C2)Oc2ccc(cc2)CCC(=O)NC(C2CCCCC2)C(=O)O1)C(=O)C(=O)NCC(=O)NC(C(=O)O)c1ccccc1. The molecule has 2 aliphatic carbocycles. The predicted octanol–water partition coefficient (Wildman–Crippen LogP) is 3.85. The van der Waals surface area contributed by atoms with Crippen molar-refractivity contribution in [2.45, 2.75) is 127 Å². The number of hydrogen-bond donors (Lipinski definition) is 5. The molecule has 4 amide bonds. The van der Waals surface area contributed by atoms with Crippen molar-refractivity contribution in [1.29, 1.82) is 0 Å². The molecule has 2 aromatic carbocycles. The lowest BCUT2D eigenvalue weighted by Crippen LogP contribution is -2.53. The average Bonchev–Trinajstić information content (AvgIpc) is 3.20. The zero-order valence-electron chi connectivity index (χ0n) is 32.0. The first kappa shape index (κ1) is 41.9. The number of ketones is 1. The second kappa shape index (κ2) is 20.6. The van der Waals surface area contributed by atoms with Crippen molar-refractivity contribution in [3.63, 3.8) is 0 Å². The number of esters is 1. The van der Waals surface area contributed by atoms with E-state index in [-0.39, 0.29) is 43.1 Å². The summed E-state index contributed by atoms with van der Waals surface area (Å²) in [6.07, 6.45) is 7.13. The van der Waals surface area contributed by atoms with Gasteiger partial charge < -0.3 is 35.8 Å². The minimum absolute atomic E-state index is 0.0670. The van der Waals surface area contributed by atoms with Crippen molar-refractivity contribution < 1.29 is 48.1 Å². The number of carboxylic acid groups (broad SMARTS) is 1. The third kappa shape index (κ3) is 12.1. The van der Waals surface area contributed by atoms with Crippen LogP contribution in [0.5, 0.6) is 5.75 Å². The van der Waals surface area contributed by atoms with Gasteiger partial charge in [0.2, 0.25) is 17.6 Å². The van der Waals surface area contributed by atoms with Gasteiger partial charge in [-0.05, 0) is 86.5 Å². The molecule has 2 fully saturated rings. The number of ether oxygens (including phenoxy) is 2. The minimum atomic E-state index is -1.37. The van der Waals surface area contributed by atoms with Gasteiger partial charge in [-0.2, -0.15) is 0 Å². The summed E-state index contributed by atoms with van der Waals surface area (Å²) < 4.78 is 12.3. The van der Waals surface area contributed by atoms with Gasteiger partial charge in [0.15, 0.2) is 12.1 Å². The molecule has 2 aromatic rings. The zero-order chi connectivity index (χ0) is 40.0. The van der Waals surface area contributed by atoms with Crippen LogP contribution in [0.15, 0.2) is 54.6 Å². The van der Waals surface area contributed by atoms with E-state index in [0.717, 1.165) is 56.9 Å². The Hall–Kier alpha value is -5.27. The number of carboxylic acids is 1. The van der Waals surface area contributed by atoms with Crippen LogP contribution in [0.25, 0.3) is 0 Å². The molecule has 0 spiro atoms. The van der Waals surface area contributed by atoms with Crippen molar-refractivity contribution >= 4 is 41.4 Å². The van der Waals surface area contributed by atoms with Gasteiger partial charge in [0, 0.05) is 6.42 Å². The van der Waals surface area contributed by atoms with Gasteiger partial charge in [-0.3, -0.25) is 24.0 Å². The number of aliphatic carboxylic acids is 1. The van der Waals surface area contributed by atoms with Gasteiger partial charge in [0.25, 0.3) is 11.8 Å². The second-order valence-corrected chi connectivity index (χ2v) is 15.2. The van der Waals surface area contributed by atoms with E-state index in [1.165, 1.54) is 12.1 Å². The first-order valence-corrected chi connectivity index (χ1v) is 20.0. The molecule has 6 rings (SSSR count). The maximum atomic E-state index is 14.1. The summed E-state index contributed by atoms with van der Waals surface area (Å²) in [5, 5.41) is 19.8. The summed E-state index contributed by atoms with van der Waals surface area (Å²) in [5.41, 5.74) is 1.29. The maximum absolute atomic E-state index is 14.1. The fourth-order valence-corrected chi connectivity index (χ4v) is 7.93. The van der Waals surface area contributed by atoms with Crippen LogP contribution >= 0.6 is 0 Å². The molecule has 0 radical (unpaired) electrons. The summed E-state index contributed by atoms with van der Waals surface area (Å²) >= 11 is 0. The van der Waals surface area contributed by atoms with Gasteiger partial charge in [-0.15, -0.1) is 0 Å². The van der Waals surface area contributed by atoms with Crippen molar-refractivity contribution in [3.05, 3.63) is 65.7 Å². The minimum Gasteiger partial charge on any atom is -0.490 e. The number of fused-ring (bicyclic) bond motifs is 10. The molecule has 4 aliphatic rings. The highest BCUT2D eigenvalue weighted by Gasteiger charge is 2.38. The molecule has 2 aliphatic heterocycles. The van der Waals surface area contributed by atoms with Gasteiger partial charge in [-0.1, -0.05) is 81.5 Å². The third-order valence-corrected chi connectivity index (χ3v) is 10.9. The molecule has 14 heteroatoms. The predicted molar refractivity (Wildman–Crippen MR) is 204 cm³/mol. The first-order chi connectivity index (χ1) is 27.0. The summed E-state index contributed by atoms with van der Waals surface area (Å²) in [7, 11) is 0. The molecule has 14 nitrogen and oxygen atoms in total. The van der Waals surface area contributed by atoms with E-state index in [1.54, 1.807) is 25.1 Å². The number of benzene rings is 2. The van der Waals surface area contributed by atoms with E-state index >= 15 is 0 Å². The van der Waals surface area contributed by atoms with Crippen LogP contribution in [0, 0.1) is 11.8 Å². The normalized spacial score (nSPS) is 23.2. The Morgan fingerprint density at radius 3 is 2.27 bits per heavy atom. The second-order valence-electron chi connectivity index (χ2n) is 15.2. The topological polar surface area (TPSA) is 206 Å². The fourth-order valence-electron chi connectivity index (χ4n) is 7.93. The molecule has 4 bridgehead atoms. The number of nitrogens with one attached hydrogen (secondary N) is 4. The highest BCUT2D eigenvalue weighted by molar-refractivity contribution is 6.38. The number of carbonyl (C=O) groups excluding carboxylic acids is 6. The van der Waals surface area contributed by atoms with Gasteiger partial charge >= 0.3 is 11.9 Å². The summed E-state index contributed by atoms with van der Waals surface area (Å²) in [4.78, 5) is 92.3. The van der Waals surface area contributed by atoms with Crippen LogP contribution < -0.4 is 26.0 Å². The van der Waals surface area contributed by atoms with Crippen LogP contribution in [0.3, 0.4) is 0 Å². The monoisotopic (exact) mass is 774 g/mol. The van der Waals surface area contributed by atoms with Crippen LogP contribution in [0.1, 0.15) is 108 Å². The Morgan fingerprint density at radius 1 is 0.839 bits per heavy atom. The van der Waals surface area contributed by atoms with E-state index < -0.39 is 66.2 Å². The number of hydrogen-bond acceptors (Lipinski definition) is 9. The van der Waals surface area contributed by atoms with Gasteiger partial charge in [-0.25, -0.2) is 9.59 Å². The molecular weight excluding hydrogens is 720 g/mol. The number of Topliss-reactive ketones (excluding diaryl/α,β-unsaturated/α-hetero) is 1. The van der Waals surface area contributed by atoms with Crippen LogP contribution in [-0.2, 0) is 44.7 Å². The van der Waals surface area contributed by atoms with E-state index in [0.29, 0.717) is 30.6 Å². The molecule has 302 valence electrons. The number of carbonyl (C=O) groups is 7. The molecule has 2 saturated carbocycles. The van der Waals surface area contributed by atoms with E-state index in [2.05, 4.69) is 21.3 Å². The zero-order valence-corrected chi connectivity index (χ0v) is 32.0. The lowest BCUT2D eigenvalue weighted by molar-refractivity contribution is -0.162. The lowest BCUT2D eigenvalue weighted by Gasteiger charge is -2.33. The molecular formula is C42H54N4O10. The smallest absolute Gasteiger partial charge is 0.330 e. The molecule has 0 aromatic heterocycles. The molecule has 0 saturated heterocycles. The summed E-state index contributed by atoms with van der Waals surface area (Å²) in [6.45, 7) is 1.09. The van der Waals surface area contributed by atoms with Crippen LogP contribution in [0.4, 0.5) is 0 Å². The van der Waals surface area contributed by atoms with E-state index in [1.807, 2.05) is 24.3 Å². The van der Waals surface area contributed by atoms with Crippen molar-refractivity contribution in [1.82, 2.24) is 21.3 Å². The van der Waals surface area contributed by atoms with Gasteiger partial charge in [0.05, 0.1) is 18.7 Å². The molecule has 2 heterocycles. The molecule has 6 unspecified atom stereocenters. The quantitative estimate of drug-likeness (QED) is 0.156. The van der Waals surface area contributed by atoms with Crippen LogP contribution in [-0.4, -0.2) is 77.3 Å². The van der Waals surface area contributed by atoms with E-state index in [4.69, 9.17) is 9.47 Å². The fraction of sp³-hybridized carbons (Fsp3) is 0.548. The molecule has 6 atom stereocenters. The first-order valence-electron chi connectivity index (χ1n) is 20.0. The van der Waals surface area contributed by atoms with Crippen molar-refractivity contribution in [2.75, 3.05) is 6.54 Å². The Balaban J connectivity index is 1.30. The largest absolute Gasteiger partial charge is 0.490 e. The number of aryl methyl sites for hydroxylation is 1. The average molecular weight is 775 g/mol. The highest BCUT2D eigenvalue weighted by atomic mass is 16.5. The standard InChI is InChI=1S/C42H54N4O10/c1-2-10-32(38(49)40(51)43-25-35(48)46-36(41(52)53)28-12-5-3-6-13-28)44-39(50)33-24-27-11-9-16-31(23-27)55-30-20-17-26(18-21-30)19-22-34(47)45-37(42(54)56-33)29-14-7-4-8-15-29/h3,5-6,12-13,17-18,20-21,27,29,31-33,36-37H,2,4,7-11,14-16,19,22-25H2,1H3,(H,43,51)(H,44,50)(H,45,47)(H,46,48)(H,52,53). The molecule has 56 heavy (non-hydrogen) atoms. The number of amides is 4. The van der Waals surface area contributed by atoms with Crippen LogP contribution in [0.2, 0.25) is 0 Å². The number of rotatable bonds is 12. The highest BCUT2D eigenvalue weighted by Crippen LogP contribution is 2.33.